The molecule has 0 bridgehead atoms. The molecule has 0 unspecified atom stereocenters. The molecule has 1 rings (SSSR count). The van der Waals surface area contributed by atoms with E-state index in [-0.39, 0.29) is 11.4 Å². The predicted molar refractivity (Wildman–Crippen MR) is 77.8 cm³/mol. The molecule has 0 aromatic heterocycles. The van der Waals surface area contributed by atoms with Crippen molar-refractivity contribution in [1.29, 1.82) is 0 Å². The molecular formula is C12H15NO5S2. The highest BCUT2D eigenvalue weighted by molar-refractivity contribution is 7.99. The van der Waals surface area contributed by atoms with Gasteiger partial charge in [0.15, 0.2) is 0 Å². The van der Waals surface area contributed by atoms with Gasteiger partial charge in [-0.05, 0) is 18.2 Å². The number of aromatic hydroxyl groups is 1. The maximum atomic E-state index is 11.9. The zero-order valence-electron chi connectivity index (χ0n) is 10.6. The van der Waals surface area contributed by atoms with Crippen molar-refractivity contribution in [2.24, 2.45) is 0 Å². The number of carboxylic acid groups (broad SMARTS) is 1. The number of carbonyl (C=O) groups is 1. The van der Waals surface area contributed by atoms with Gasteiger partial charge in [0.25, 0.3) is 0 Å². The molecule has 0 saturated carbocycles. The van der Waals surface area contributed by atoms with Crippen LogP contribution in [0.4, 0.5) is 0 Å². The summed E-state index contributed by atoms with van der Waals surface area (Å²) in [7, 11) is -3.78. The molecule has 1 aromatic carbocycles. The Labute approximate surface area is 121 Å². The van der Waals surface area contributed by atoms with Crippen LogP contribution in [0.15, 0.2) is 35.7 Å². The summed E-state index contributed by atoms with van der Waals surface area (Å²) in [5.41, 5.74) is -0.450. The standard InChI is InChI=1S/C12H15NO5S2/c1-2-6-19-7-5-13-20(17,18)9-3-4-11(14)10(8-9)12(15)16/h2-4,8,13-14H,1,5-7H2,(H,15,16). The van der Waals surface area contributed by atoms with Gasteiger partial charge in [-0.3, -0.25) is 0 Å². The van der Waals surface area contributed by atoms with Crippen LogP contribution in [0.2, 0.25) is 0 Å². The monoisotopic (exact) mass is 317 g/mol. The number of hydrogen-bond acceptors (Lipinski definition) is 5. The van der Waals surface area contributed by atoms with Crippen LogP contribution in [0.3, 0.4) is 0 Å². The Morgan fingerprint density at radius 2 is 2.15 bits per heavy atom. The molecule has 0 aliphatic rings. The van der Waals surface area contributed by atoms with E-state index < -0.39 is 27.3 Å². The van der Waals surface area contributed by atoms with E-state index in [4.69, 9.17) is 5.11 Å². The number of benzene rings is 1. The lowest BCUT2D eigenvalue weighted by Crippen LogP contribution is -2.26. The van der Waals surface area contributed by atoms with Gasteiger partial charge >= 0.3 is 5.97 Å². The fraction of sp³-hybridized carbons (Fsp3) is 0.250. The van der Waals surface area contributed by atoms with E-state index in [0.717, 1.165) is 24.0 Å². The fourth-order valence-corrected chi connectivity index (χ4v) is 3.12. The summed E-state index contributed by atoms with van der Waals surface area (Å²) in [6.45, 7) is 3.78. The van der Waals surface area contributed by atoms with E-state index in [1.807, 2.05) is 0 Å². The van der Waals surface area contributed by atoms with Crippen molar-refractivity contribution in [2.75, 3.05) is 18.1 Å². The predicted octanol–water partition coefficient (Wildman–Crippen LogP) is 1.29. The molecule has 6 nitrogen and oxygen atoms in total. The molecule has 0 radical (unpaired) electrons. The fourth-order valence-electron chi connectivity index (χ4n) is 1.35. The van der Waals surface area contributed by atoms with Crippen molar-refractivity contribution in [1.82, 2.24) is 4.72 Å². The lowest BCUT2D eigenvalue weighted by molar-refractivity contribution is 0.0693. The molecule has 3 N–H and O–H groups in total. The normalized spacial score (nSPS) is 11.2. The molecule has 110 valence electrons. The van der Waals surface area contributed by atoms with Gasteiger partial charge in [-0.15, -0.1) is 6.58 Å². The maximum absolute atomic E-state index is 11.9. The number of nitrogens with one attached hydrogen (secondary N) is 1. The minimum atomic E-state index is -3.78. The molecule has 0 atom stereocenters. The van der Waals surface area contributed by atoms with Crippen molar-refractivity contribution in [3.05, 3.63) is 36.4 Å². The molecule has 0 aliphatic carbocycles. The second-order valence-corrected chi connectivity index (χ2v) is 6.66. The Morgan fingerprint density at radius 1 is 1.45 bits per heavy atom. The van der Waals surface area contributed by atoms with Crippen LogP contribution in [-0.2, 0) is 10.0 Å². The third kappa shape index (κ3) is 4.55. The molecule has 0 heterocycles. The number of sulfonamides is 1. The minimum absolute atomic E-state index is 0.193. The van der Waals surface area contributed by atoms with E-state index in [2.05, 4.69) is 11.3 Å². The summed E-state index contributed by atoms with van der Waals surface area (Å²) >= 11 is 1.52. The van der Waals surface area contributed by atoms with Gasteiger partial charge < -0.3 is 10.2 Å². The van der Waals surface area contributed by atoms with Gasteiger partial charge in [0.05, 0.1) is 4.90 Å². The largest absolute Gasteiger partial charge is 0.507 e. The maximum Gasteiger partial charge on any atom is 0.339 e. The van der Waals surface area contributed by atoms with E-state index in [1.165, 1.54) is 11.8 Å². The number of aromatic carboxylic acids is 1. The third-order valence-electron chi connectivity index (χ3n) is 2.28. The highest BCUT2D eigenvalue weighted by Gasteiger charge is 2.18. The first-order chi connectivity index (χ1) is 9.38. The molecule has 0 spiro atoms. The number of hydrogen-bond donors (Lipinski definition) is 3. The van der Waals surface area contributed by atoms with Gasteiger partial charge in [0.2, 0.25) is 10.0 Å². The van der Waals surface area contributed by atoms with Gasteiger partial charge in [-0.1, -0.05) is 6.08 Å². The Bertz CT molecular complexity index is 598. The summed E-state index contributed by atoms with van der Waals surface area (Å²) in [6.07, 6.45) is 1.72. The first-order valence-corrected chi connectivity index (χ1v) is 8.27. The highest BCUT2D eigenvalue weighted by Crippen LogP contribution is 2.21. The molecule has 0 amide bonds. The molecule has 8 heteroatoms. The molecule has 0 saturated heterocycles. The topological polar surface area (TPSA) is 104 Å². The van der Waals surface area contributed by atoms with Gasteiger partial charge in [0, 0.05) is 18.1 Å². The summed E-state index contributed by atoms with van der Waals surface area (Å²) < 4.78 is 26.2. The molecule has 20 heavy (non-hydrogen) atoms. The molecule has 1 aromatic rings. The number of thioether (sulfide) groups is 1. The second-order valence-electron chi connectivity index (χ2n) is 3.75. The van der Waals surface area contributed by atoms with Crippen LogP contribution in [0.25, 0.3) is 0 Å². The third-order valence-corrected chi connectivity index (χ3v) is 4.71. The molecule has 0 aliphatic heterocycles. The second kappa shape index (κ2) is 7.32. The van der Waals surface area contributed by atoms with Crippen LogP contribution in [0.5, 0.6) is 5.75 Å². The van der Waals surface area contributed by atoms with E-state index in [1.54, 1.807) is 6.08 Å². The van der Waals surface area contributed by atoms with E-state index >= 15 is 0 Å². The van der Waals surface area contributed by atoms with Crippen molar-refractivity contribution in [3.63, 3.8) is 0 Å². The summed E-state index contributed by atoms with van der Waals surface area (Å²) in [5, 5.41) is 18.2. The zero-order chi connectivity index (χ0) is 15.2. The van der Waals surface area contributed by atoms with Crippen molar-refractivity contribution in [2.45, 2.75) is 4.90 Å². The Kier molecular flexibility index (Phi) is 6.05. The Hall–Kier alpha value is -1.51. The Morgan fingerprint density at radius 3 is 2.75 bits per heavy atom. The van der Waals surface area contributed by atoms with Crippen LogP contribution < -0.4 is 4.72 Å². The number of rotatable bonds is 8. The van der Waals surface area contributed by atoms with Gasteiger partial charge in [0.1, 0.15) is 11.3 Å². The summed E-state index contributed by atoms with van der Waals surface area (Å²) in [6, 6.07) is 3.13. The van der Waals surface area contributed by atoms with Crippen molar-refractivity contribution in [3.8, 4) is 5.75 Å². The summed E-state index contributed by atoms with van der Waals surface area (Å²) in [4.78, 5) is 10.7. The lowest BCUT2D eigenvalue weighted by Gasteiger charge is -2.08. The zero-order valence-corrected chi connectivity index (χ0v) is 12.2. The van der Waals surface area contributed by atoms with E-state index in [0.29, 0.717) is 5.75 Å². The van der Waals surface area contributed by atoms with Gasteiger partial charge in [-0.25, -0.2) is 17.9 Å². The van der Waals surface area contributed by atoms with Crippen LogP contribution in [-0.4, -0.2) is 42.7 Å². The average Bonchev–Trinajstić information content (AvgIpc) is 2.38. The highest BCUT2D eigenvalue weighted by atomic mass is 32.2. The van der Waals surface area contributed by atoms with Gasteiger partial charge in [-0.2, -0.15) is 11.8 Å². The quantitative estimate of drug-likeness (QED) is 0.493. The van der Waals surface area contributed by atoms with Crippen LogP contribution in [0.1, 0.15) is 10.4 Å². The molecular weight excluding hydrogens is 302 g/mol. The SMILES string of the molecule is C=CCSCCNS(=O)(=O)c1ccc(O)c(C(=O)O)c1. The first kappa shape index (κ1) is 16.5. The molecule has 0 fully saturated rings. The Balaban J connectivity index is 2.80. The lowest BCUT2D eigenvalue weighted by atomic mass is 10.2. The van der Waals surface area contributed by atoms with Crippen molar-refractivity contribution < 1.29 is 23.4 Å². The van der Waals surface area contributed by atoms with Crippen molar-refractivity contribution >= 4 is 27.8 Å². The smallest absolute Gasteiger partial charge is 0.339 e. The van der Waals surface area contributed by atoms with Crippen LogP contribution >= 0.6 is 11.8 Å². The summed E-state index contributed by atoms with van der Waals surface area (Å²) in [5.74, 6) is -0.557. The average molecular weight is 317 g/mol. The minimum Gasteiger partial charge on any atom is -0.507 e. The first-order valence-electron chi connectivity index (χ1n) is 5.63. The van der Waals surface area contributed by atoms with Crippen LogP contribution in [0, 0.1) is 0 Å². The van der Waals surface area contributed by atoms with E-state index in [9.17, 15) is 18.3 Å². The number of carboxylic acids is 1. The number of phenols is 1.